The molecule has 2 N–H and O–H groups in total. The van der Waals surface area contributed by atoms with Crippen molar-refractivity contribution in [3.05, 3.63) is 48.0 Å². The molecule has 3 nitrogen and oxygen atoms in total. The summed E-state index contributed by atoms with van der Waals surface area (Å²) in [7, 11) is 0. The third-order valence-electron chi connectivity index (χ3n) is 2.07. The van der Waals surface area contributed by atoms with Crippen LogP contribution < -0.4 is 5.73 Å². The number of esters is 1. The maximum absolute atomic E-state index is 10.6. The molecule has 0 aliphatic carbocycles. The zero-order valence-corrected chi connectivity index (χ0v) is 9.43. The van der Waals surface area contributed by atoms with Crippen molar-refractivity contribution in [2.75, 3.05) is 0 Å². The van der Waals surface area contributed by atoms with Crippen LogP contribution in [0.2, 0.25) is 0 Å². The number of ether oxygens (including phenoxy) is 1. The Balaban J connectivity index is 2.25. The predicted molar refractivity (Wildman–Crippen MR) is 63.6 cm³/mol. The van der Waals surface area contributed by atoms with E-state index in [4.69, 9.17) is 10.5 Å². The summed E-state index contributed by atoms with van der Waals surface area (Å²) in [6.45, 7) is 1.34. The minimum Gasteiger partial charge on any atom is -0.443 e. The highest BCUT2D eigenvalue weighted by Gasteiger charge is 1.99. The number of allylic oxidation sites excluding steroid dienone is 1. The lowest BCUT2D eigenvalue weighted by atomic mass is 10.1. The van der Waals surface area contributed by atoms with Crippen molar-refractivity contribution in [1.29, 1.82) is 0 Å². The van der Waals surface area contributed by atoms with Crippen LogP contribution in [-0.4, -0.2) is 12.2 Å². The number of nitrogens with two attached hydrogens (primary N) is 1. The third-order valence-corrected chi connectivity index (χ3v) is 2.07. The topological polar surface area (TPSA) is 52.3 Å². The van der Waals surface area contributed by atoms with E-state index in [0.29, 0.717) is 0 Å². The fraction of sp³-hybridized carbons (Fsp3) is 0.308. The highest BCUT2D eigenvalue weighted by molar-refractivity contribution is 5.66. The number of aryl methyl sites for hydroxylation is 1. The van der Waals surface area contributed by atoms with Gasteiger partial charge in [0.2, 0.25) is 0 Å². The minimum absolute atomic E-state index is 0.361. The summed E-state index contributed by atoms with van der Waals surface area (Å²) < 4.78 is 4.75. The molecule has 0 radical (unpaired) electrons. The standard InChI is InChI=1S/C13H17NO2/c1-11(15)16-13(14)10-6-5-9-12-7-3-2-4-8-12/h2-4,6-8,10,13H,5,9,14H2,1H3. The highest BCUT2D eigenvalue weighted by atomic mass is 16.5. The van der Waals surface area contributed by atoms with E-state index in [1.807, 2.05) is 24.3 Å². The molecule has 86 valence electrons. The number of hydrogen-bond acceptors (Lipinski definition) is 3. The van der Waals surface area contributed by atoms with Gasteiger partial charge in [-0.3, -0.25) is 10.5 Å². The fourth-order valence-corrected chi connectivity index (χ4v) is 1.36. The summed E-state index contributed by atoms with van der Waals surface area (Å²) in [5.41, 5.74) is 6.81. The first-order valence-corrected chi connectivity index (χ1v) is 5.32. The van der Waals surface area contributed by atoms with Crippen LogP contribution in [0.25, 0.3) is 0 Å². The smallest absolute Gasteiger partial charge is 0.304 e. The number of hydrogen-bond donors (Lipinski definition) is 1. The van der Waals surface area contributed by atoms with Crippen LogP contribution in [0.5, 0.6) is 0 Å². The molecule has 1 aromatic carbocycles. The number of carbonyl (C=O) groups excluding carboxylic acids is 1. The van der Waals surface area contributed by atoms with E-state index in [-0.39, 0.29) is 5.97 Å². The summed E-state index contributed by atoms with van der Waals surface area (Å²) >= 11 is 0. The molecular weight excluding hydrogens is 202 g/mol. The van der Waals surface area contributed by atoms with Crippen molar-refractivity contribution in [2.24, 2.45) is 5.73 Å². The van der Waals surface area contributed by atoms with E-state index in [1.54, 1.807) is 6.08 Å². The molecule has 0 bridgehead atoms. The van der Waals surface area contributed by atoms with Crippen LogP contribution >= 0.6 is 0 Å². The first-order valence-electron chi connectivity index (χ1n) is 5.32. The molecule has 1 unspecified atom stereocenters. The van der Waals surface area contributed by atoms with Gasteiger partial charge in [0.25, 0.3) is 0 Å². The lowest BCUT2D eigenvalue weighted by Crippen LogP contribution is -2.23. The predicted octanol–water partition coefficient (Wildman–Crippen LogP) is 2.02. The van der Waals surface area contributed by atoms with Crippen molar-refractivity contribution >= 4 is 5.97 Å². The largest absolute Gasteiger partial charge is 0.443 e. The third kappa shape index (κ3) is 5.32. The summed E-state index contributed by atoms with van der Waals surface area (Å²) in [5.74, 6) is -0.361. The molecule has 3 heteroatoms. The average Bonchev–Trinajstić information content (AvgIpc) is 2.25. The van der Waals surface area contributed by atoms with Crippen LogP contribution in [0.15, 0.2) is 42.5 Å². The lowest BCUT2D eigenvalue weighted by molar-refractivity contribution is -0.143. The molecule has 0 aliphatic heterocycles. The van der Waals surface area contributed by atoms with Gasteiger partial charge in [0.1, 0.15) is 0 Å². The Bertz CT molecular complexity index is 346. The summed E-state index contributed by atoms with van der Waals surface area (Å²) in [5, 5.41) is 0. The van der Waals surface area contributed by atoms with Gasteiger partial charge >= 0.3 is 5.97 Å². The Kier molecular flexibility index (Phi) is 5.29. The molecule has 16 heavy (non-hydrogen) atoms. The molecule has 1 rings (SSSR count). The van der Waals surface area contributed by atoms with Gasteiger partial charge in [-0.25, -0.2) is 0 Å². The Morgan fingerprint density at radius 3 is 2.75 bits per heavy atom. The zero-order chi connectivity index (χ0) is 11.8. The fourth-order valence-electron chi connectivity index (χ4n) is 1.36. The Hall–Kier alpha value is -1.61. The van der Waals surface area contributed by atoms with Gasteiger partial charge < -0.3 is 4.74 Å². The van der Waals surface area contributed by atoms with E-state index in [2.05, 4.69) is 12.1 Å². The SMILES string of the molecule is CC(=O)OC(N)C=CCCc1ccccc1. The van der Waals surface area contributed by atoms with Gasteiger partial charge in [-0.2, -0.15) is 0 Å². The lowest BCUT2D eigenvalue weighted by Gasteiger charge is -2.05. The molecule has 0 heterocycles. The van der Waals surface area contributed by atoms with E-state index in [1.165, 1.54) is 12.5 Å². The molecule has 0 saturated carbocycles. The highest BCUT2D eigenvalue weighted by Crippen LogP contribution is 2.03. The van der Waals surface area contributed by atoms with Crippen molar-refractivity contribution in [3.8, 4) is 0 Å². The van der Waals surface area contributed by atoms with Crippen LogP contribution in [0.3, 0.4) is 0 Å². The van der Waals surface area contributed by atoms with Gasteiger partial charge in [-0.15, -0.1) is 0 Å². The summed E-state index contributed by atoms with van der Waals surface area (Å²) in [6.07, 6.45) is 4.85. The molecular formula is C13H17NO2. The number of rotatable bonds is 5. The molecule has 0 fully saturated rings. The van der Waals surface area contributed by atoms with Gasteiger partial charge in [0.05, 0.1) is 0 Å². The van der Waals surface area contributed by atoms with Crippen molar-refractivity contribution < 1.29 is 9.53 Å². The van der Waals surface area contributed by atoms with Gasteiger partial charge in [0.15, 0.2) is 6.23 Å². The normalized spacial score (nSPS) is 12.6. The van der Waals surface area contributed by atoms with Crippen LogP contribution in [0.1, 0.15) is 18.9 Å². The second kappa shape index (κ2) is 6.80. The van der Waals surface area contributed by atoms with E-state index in [9.17, 15) is 4.79 Å². The van der Waals surface area contributed by atoms with Crippen molar-refractivity contribution in [2.45, 2.75) is 26.0 Å². The Labute approximate surface area is 95.9 Å². The number of carbonyl (C=O) groups is 1. The molecule has 0 amide bonds. The number of benzene rings is 1. The second-order valence-electron chi connectivity index (χ2n) is 3.53. The van der Waals surface area contributed by atoms with Crippen LogP contribution in [0.4, 0.5) is 0 Å². The molecule has 0 saturated heterocycles. The van der Waals surface area contributed by atoms with Crippen LogP contribution in [-0.2, 0) is 16.0 Å². The summed E-state index contributed by atoms with van der Waals surface area (Å²) in [4.78, 5) is 10.6. The van der Waals surface area contributed by atoms with Gasteiger partial charge in [-0.1, -0.05) is 36.4 Å². The molecule has 0 aliphatic rings. The monoisotopic (exact) mass is 219 g/mol. The molecule has 1 atom stereocenters. The second-order valence-corrected chi connectivity index (χ2v) is 3.53. The summed E-state index contributed by atoms with van der Waals surface area (Å²) in [6, 6.07) is 10.2. The van der Waals surface area contributed by atoms with Crippen molar-refractivity contribution in [3.63, 3.8) is 0 Å². The molecule has 0 spiro atoms. The minimum atomic E-state index is -0.631. The zero-order valence-electron chi connectivity index (χ0n) is 9.43. The Morgan fingerprint density at radius 1 is 1.44 bits per heavy atom. The first-order chi connectivity index (χ1) is 7.68. The average molecular weight is 219 g/mol. The van der Waals surface area contributed by atoms with Crippen molar-refractivity contribution in [1.82, 2.24) is 0 Å². The van der Waals surface area contributed by atoms with E-state index < -0.39 is 6.23 Å². The van der Waals surface area contributed by atoms with Crippen LogP contribution in [0, 0.1) is 0 Å². The molecule has 1 aromatic rings. The quantitative estimate of drug-likeness (QED) is 0.468. The first kappa shape index (κ1) is 12.5. The molecule has 0 aromatic heterocycles. The maximum Gasteiger partial charge on any atom is 0.304 e. The Morgan fingerprint density at radius 2 is 2.12 bits per heavy atom. The van der Waals surface area contributed by atoms with Gasteiger partial charge in [0, 0.05) is 6.92 Å². The van der Waals surface area contributed by atoms with E-state index >= 15 is 0 Å². The van der Waals surface area contributed by atoms with Gasteiger partial charge in [-0.05, 0) is 24.5 Å². The maximum atomic E-state index is 10.6. The van der Waals surface area contributed by atoms with E-state index in [0.717, 1.165) is 12.8 Å².